The van der Waals surface area contributed by atoms with Gasteiger partial charge in [-0.15, -0.1) is 0 Å². The Kier molecular flexibility index (Phi) is 2.44. The van der Waals surface area contributed by atoms with Crippen LogP contribution < -0.4 is 4.74 Å². The second kappa shape index (κ2) is 3.95. The minimum atomic E-state index is 0.606. The van der Waals surface area contributed by atoms with Crippen LogP contribution in [0.2, 0.25) is 0 Å². The molecule has 16 heavy (non-hydrogen) atoms. The van der Waals surface area contributed by atoms with E-state index < -0.39 is 0 Å². The van der Waals surface area contributed by atoms with Gasteiger partial charge in [0.15, 0.2) is 0 Å². The standard InChI is InChI=1S/C14H16O2/c1-15-12-4-5-13-10(8-12)2-3-11-9-16-7-6-14(11)13/h4-6,8,11H,2-3,7,9H2,1H3. The summed E-state index contributed by atoms with van der Waals surface area (Å²) >= 11 is 0. The molecule has 0 saturated carbocycles. The van der Waals surface area contributed by atoms with Crippen LogP contribution in [-0.4, -0.2) is 20.3 Å². The fourth-order valence-corrected chi connectivity index (χ4v) is 2.70. The van der Waals surface area contributed by atoms with Gasteiger partial charge < -0.3 is 9.47 Å². The Bertz CT molecular complexity index is 434. The minimum absolute atomic E-state index is 0.606. The molecular weight excluding hydrogens is 200 g/mol. The van der Waals surface area contributed by atoms with Gasteiger partial charge in [0.25, 0.3) is 0 Å². The summed E-state index contributed by atoms with van der Waals surface area (Å²) < 4.78 is 10.8. The van der Waals surface area contributed by atoms with Gasteiger partial charge in [-0.1, -0.05) is 12.1 Å². The summed E-state index contributed by atoms with van der Waals surface area (Å²) in [6.45, 7) is 1.65. The first-order valence-electron chi connectivity index (χ1n) is 5.83. The number of ether oxygens (including phenoxy) is 2. The first-order chi connectivity index (χ1) is 7.88. The van der Waals surface area contributed by atoms with Crippen molar-refractivity contribution in [2.45, 2.75) is 12.8 Å². The predicted octanol–water partition coefficient (Wildman–Crippen LogP) is 2.67. The third kappa shape index (κ3) is 1.54. The van der Waals surface area contributed by atoms with Crippen molar-refractivity contribution in [2.75, 3.05) is 20.3 Å². The molecule has 84 valence electrons. The fourth-order valence-electron chi connectivity index (χ4n) is 2.70. The van der Waals surface area contributed by atoms with Crippen molar-refractivity contribution in [1.29, 1.82) is 0 Å². The molecule has 1 aliphatic heterocycles. The molecule has 0 radical (unpaired) electrons. The van der Waals surface area contributed by atoms with Gasteiger partial charge in [-0.25, -0.2) is 0 Å². The highest BCUT2D eigenvalue weighted by atomic mass is 16.5. The molecule has 0 fully saturated rings. The normalized spacial score (nSPS) is 23.1. The zero-order valence-corrected chi connectivity index (χ0v) is 9.53. The number of fused-ring (bicyclic) bond motifs is 3. The lowest BCUT2D eigenvalue weighted by Crippen LogP contribution is -2.22. The Balaban J connectivity index is 2.05. The molecule has 2 nitrogen and oxygen atoms in total. The van der Waals surface area contributed by atoms with Crippen LogP contribution in [0.3, 0.4) is 0 Å². The highest BCUT2D eigenvalue weighted by Crippen LogP contribution is 2.38. The molecule has 1 aromatic rings. The average molecular weight is 216 g/mol. The Labute approximate surface area is 95.9 Å². The molecule has 1 atom stereocenters. The van der Waals surface area contributed by atoms with E-state index in [1.807, 2.05) is 0 Å². The van der Waals surface area contributed by atoms with Crippen molar-refractivity contribution in [2.24, 2.45) is 5.92 Å². The van der Waals surface area contributed by atoms with Gasteiger partial charge in [-0.05, 0) is 41.7 Å². The second-order valence-electron chi connectivity index (χ2n) is 4.46. The lowest BCUT2D eigenvalue weighted by Gasteiger charge is -2.30. The summed E-state index contributed by atoms with van der Waals surface area (Å²) in [6, 6.07) is 6.41. The number of methoxy groups -OCH3 is 1. The maximum absolute atomic E-state index is 5.50. The Morgan fingerprint density at radius 3 is 3.19 bits per heavy atom. The van der Waals surface area contributed by atoms with Crippen LogP contribution in [-0.2, 0) is 11.2 Å². The number of hydrogen-bond donors (Lipinski definition) is 0. The molecule has 0 saturated heterocycles. The molecule has 1 aromatic carbocycles. The topological polar surface area (TPSA) is 18.5 Å². The smallest absolute Gasteiger partial charge is 0.119 e. The minimum Gasteiger partial charge on any atom is -0.497 e. The van der Waals surface area contributed by atoms with Gasteiger partial charge in [0, 0.05) is 5.92 Å². The summed E-state index contributed by atoms with van der Waals surface area (Å²) in [7, 11) is 1.72. The maximum atomic E-state index is 5.50. The summed E-state index contributed by atoms with van der Waals surface area (Å²) in [6.07, 6.45) is 4.57. The van der Waals surface area contributed by atoms with Gasteiger partial charge in [0.1, 0.15) is 5.75 Å². The van der Waals surface area contributed by atoms with Crippen molar-refractivity contribution < 1.29 is 9.47 Å². The molecule has 1 aliphatic carbocycles. The zero-order valence-electron chi connectivity index (χ0n) is 9.53. The lowest BCUT2D eigenvalue weighted by molar-refractivity contribution is 0.126. The van der Waals surface area contributed by atoms with Crippen LogP contribution in [0.25, 0.3) is 5.57 Å². The van der Waals surface area contributed by atoms with Crippen LogP contribution >= 0.6 is 0 Å². The van der Waals surface area contributed by atoms with Gasteiger partial charge in [0.2, 0.25) is 0 Å². The van der Waals surface area contributed by atoms with Gasteiger partial charge >= 0.3 is 0 Å². The lowest BCUT2D eigenvalue weighted by atomic mass is 9.79. The van der Waals surface area contributed by atoms with E-state index in [0.717, 1.165) is 25.4 Å². The maximum Gasteiger partial charge on any atom is 0.119 e. The van der Waals surface area contributed by atoms with Crippen LogP contribution in [0.5, 0.6) is 5.75 Å². The quantitative estimate of drug-likeness (QED) is 0.718. The SMILES string of the molecule is COc1ccc2c(c1)CCC1COCC=C21. The largest absolute Gasteiger partial charge is 0.497 e. The number of aryl methyl sites for hydroxylation is 1. The van der Waals surface area contributed by atoms with E-state index in [4.69, 9.17) is 9.47 Å². The Morgan fingerprint density at radius 2 is 2.31 bits per heavy atom. The van der Waals surface area contributed by atoms with Crippen LogP contribution in [0, 0.1) is 5.92 Å². The van der Waals surface area contributed by atoms with Gasteiger partial charge in [-0.2, -0.15) is 0 Å². The predicted molar refractivity (Wildman–Crippen MR) is 63.6 cm³/mol. The first kappa shape index (κ1) is 9.91. The zero-order chi connectivity index (χ0) is 11.0. The fraction of sp³-hybridized carbons (Fsp3) is 0.429. The van der Waals surface area contributed by atoms with E-state index in [9.17, 15) is 0 Å². The third-order valence-electron chi connectivity index (χ3n) is 3.57. The summed E-state index contributed by atoms with van der Waals surface area (Å²) in [5.41, 5.74) is 4.30. The van der Waals surface area contributed by atoms with E-state index in [0.29, 0.717) is 5.92 Å². The van der Waals surface area contributed by atoms with Crippen LogP contribution in [0.15, 0.2) is 24.3 Å². The molecule has 3 rings (SSSR count). The number of benzene rings is 1. The van der Waals surface area contributed by atoms with Crippen LogP contribution in [0.4, 0.5) is 0 Å². The van der Waals surface area contributed by atoms with Crippen molar-refractivity contribution in [3.8, 4) is 5.75 Å². The van der Waals surface area contributed by atoms with E-state index in [-0.39, 0.29) is 0 Å². The summed E-state index contributed by atoms with van der Waals surface area (Å²) in [4.78, 5) is 0. The monoisotopic (exact) mass is 216 g/mol. The molecule has 0 spiro atoms. The Hall–Kier alpha value is -1.28. The molecule has 2 aliphatic rings. The summed E-state index contributed by atoms with van der Waals surface area (Å²) in [5.74, 6) is 1.57. The molecule has 1 unspecified atom stereocenters. The molecule has 0 bridgehead atoms. The number of rotatable bonds is 1. The van der Waals surface area contributed by atoms with E-state index in [2.05, 4.69) is 24.3 Å². The van der Waals surface area contributed by atoms with Gasteiger partial charge in [0.05, 0.1) is 20.3 Å². The molecule has 1 heterocycles. The molecule has 2 heteroatoms. The molecular formula is C14H16O2. The second-order valence-corrected chi connectivity index (χ2v) is 4.46. The van der Waals surface area contributed by atoms with E-state index >= 15 is 0 Å². The van der Waals surface area contributed by atoms with E-state index in [1.54, 1.807) is 7.11 Å². The third-order valence-corrected chi connectivity index (χ3v) is 3.57. The molecule has 0 aromatic heterocycles. The van der Waals surface area contributed by atoms with Crippen molar-refractivity contribution >= 4 is 5.57 Å². The van der Waals surface area contributed by atoms with Crippen molar-refractivity contribution in [3.63, 3.8) is 0 Å². The number of hydrogen-bond acceptors (Lipinski definition) is 2. The Morgan fingerprint density at radius 1 is 1.38 bits per heavy atom. The van der Waals surface area contributed by atoms with E-state index in [1.165, 1.54) is 23.1 Å². The molecule has 0 N–H and O–H groups in total. The highest BCUT2D eigenvalue weighted by Gasteiger charge is 2.26. The van der Waals surface area contributed by atoms with Crippen molar-refractivity contribution in [1.82, 2.24) is 0 Å². The highest BCUT2D eigenvalue weighted by molar-refractivity contribution is 5.73. The van der Waals surface area contributed by atoms with Gasteiger partial charge in [-0.3, -0.25) is 0 Å². The summed E-state index contributed by atoms with van der Waals surface area (Å²) in [5, 5.41) is 0. The van der Waals surface area contributed by atoms with Crippen LogP contribution in [0.1, 0.15) is 17.5 Å². The first-order valence-corrected chi connectivity index (χ1v) is 5.83. The van der Waals surface area contributed by atoms with Crippen molar-refractivity contribution in [3.05, 3.63) is 35.4 Å². The molecule has 0 amide bonds. The average Bonchev–Trinajstić information content (AvgIpc) is 2.38.